The molecule has 0 saturated heterocycles. The number of benzene rings is 1. The Morgan fingerprint density at radius 1 is 0.774 bits per heavy atom. The lowest BCUT2D eigenvalue weighted by Crippen LogP contribution is -3.00. The summed E-state index contributed by atoms with van der Waals surface area (Å²) in [4.78, 5) is 6.62. The smallest absolute Gasteiger partial charge is 0.170 e. The first-order valence-corrected chi connectivity index (χ1v) is 11.8. The molecule has 0 aliphatic heterocycles. The minimum atomic E-state index is 0. The van der Waals surface area contributed by atoms with Crippen molar-refractivity contribution in [2.75, 3.05) is 19.0 Å². The van der Waals surface area contributed by atoms with Crippen LogP contribution >= 0.6 is 0 Å². The molecule has 1 aromatic carbocycles. The topological polar surface area (TPSA) is 24.9 Å². The van der Waals surface area contributed by atoms with Gasteiger partial charge in [-0.2, -0.15) is 0 Å². The van der Waals surface area contributed by atoms with Gasteiger partial charge in [-0.1, -0.05) is 57.1 Å². The van der Waals surface area contributed by atoms with Crippen molar-refractivity contribution in [2.45, 2.75) is 77.3 Å². The maximum Gasteiger partial charge on any atom is 0.170 e. The number of hydrogen-bond donors (Lipinski definition) is 0. The van der Waals surface area contributed by atoms with Crippen molar-refractivity contribution in [1.82, 2.24) is 9.55 Å². The number of aryl methyl sites for hydroxylation is 2. The summed E-state index contributed by atoms with van der Waals surface area (Å²) in [6.07, 6.45) is 19.9. The van der Waals surface area contributed by atoms with Gasteiger partial charge in [0, 0.05) is 44.9 Å². The molecule has 5 heteroatoms. The molecule has 0 saturated carbocycles. The summed E-state index contributed by atoms with van der Waals surface area (Å²) in [6.45, 7) is 2.23. The van der Waals surface area contributed by atoms with E-state index < -0.39 is 0 Å². The third kappa shape index (κ3) is 8.64. The minimum absolute atomic E-state index is 0. The van der Waals surface area contributed by atoms with Gasteiger partial charge in [0.05, 0.1) is 17.4 Å². The maximum atomic E-state index is 4.48. The van der Waals surface area contributed by atoms with Gasteiger partial charge in [-0.25, -0.2) is 9.55 Å². The number of anilines is 1. The summed E-state index contributed by atoms with van der Waals surface area (Å²) in [6, 6.07) is 12.8. The van der Waals surface area contributed by atoms with Gasteiger partial charge in [0.2, 0.25) is 0 Å². The Morgan fingerprint density at radius 3 is 2.00 bits per heavy atom. The lowest BCUT2D eigenvalue weighted by Gasteiger charge is -2.10. The highest BCUT2D eigenvalue weighted by Crippen LogP contribution is 2.15. The highest BCUT2D eigenvalue weighted by atomic mass is 79.9. The number of rotatable bonds is 14. The Hall–Kier alpha value is -1.88. The first-order chi connectivity index (χ1) is 14.7. The van der Waals surface area contributed by atoms with E-state index in [1.165, 1.54) is 75.4 Å². The maximum absolute atomic E-state index is 4.48. The summed E-state index contributed by atoms with van der Waals surface area (Å²) in [7, 11) is 4.17. The summed E-state index contributed by atoms with van der Waals surface area (Å²) in [5.41, 5.74) is 3.64. The fourth-order valence-corrected chi connectivity index (χ4v) is 4.08. The second-order valence-electron chi connectivity index (χ2n) is 8.65. The van der Waals surface area contributed by atoms with Crippen molar-refractivity contribution >= 4 is 16.7 Å². The molecular formula is C26H39BrN4. The van der Waals surface area contributed by atoms with E-state index in [1.807, 2.05) is 6.33 Å². The van der Waals surface area contributed by atoms with Crippen LogP contribution in [0.25, 0.3) is 11.0 Å². The van der Waals surface area contributed by atoms with Crippen LogP contribution in [0.5, 0.6) is 0 Å². The molecule has 0 bridgehead atoms. The fourth-order valence-electron chi connectivity index (χ4n) is 4.08. The number of unbranched alkanes of at least 4 members (excludes halogenated alkanes) is 9. The number of aromatic nitrogens is 3. The number of para-hydroxylation sites is 2. The monoisotopic (exact) mass is 486 g/mol. The van der Waals surface area contributed by atoms with Crippen LogP contribution in [0.4, 0.5) is 5.69 Å². The van der Waals surface area contributed by atoms with Crippen LogP contribution in [-0.4, -0.2) is 23.6 Å². The molecule has 0 fully saturated rings. The number of fused-ring (bicyclic) bond motifs is 1. The van der Waals surface area contributed by atoms with Crippen LogP contribution in [0.15, 0.2) is 55.1 Å². The summed E-state index contributed by atoms with van der Waals surface area (Å²) in [5.74, 6) is 0. The molecule has 0 atom stereocenters. The van der Waals surface area contributed by atoms with E-state index in [9.17, 15) is 0 Å². The van der Waals surface area contributed by atoms with E-state index in [0.29, 0.717) is 0 Å². The summed E-state index contributed by atoms with van der Waals surface area (Å²) >= 11 is 0. The molecule has 0 aliphatic carbocycles. The molecule has 0 spiro atoms. The van der Waals surface area contributed by atoms with Crippen LogP contribution in [0, 0.1) is 0 Å². The fraction of sp³-hybridized carbons (Fsp3) is 0.538. The predicted molar refractivity (Wildman–Crippen MR) is 127 cm³/mol. The van der Waals surface area contributed by atoms with Gasteiger partial charge < -0.3 is 26.4 Å². The first kappa shape index (κ1) is 25.4. The molecule has 3 aromatic rings. The van der Waals surface area contributed by atoms with Gasteiger partial charge in [-0.15, -0.1) is 0 Å². The minimum Gasteiger partial charge on any atom is -1.00 e. The zero-order chi connectivity index (χ0) is 21.0. The van der Waals surface area contributed by atoms with Gasteiger partial charge in [0.1, 0.15) is 6.54 Å². The number of halogens is 1. The molecule has 0 amide bonds. The first-order valence-electron chi connectivity index (χ1n) is 11.8. The third-order valence-electron chi connectivity index (χ3n) is 5.98. The predicted octanol–water partition coefficient (Wildman–Crippen LogP) is 3.00. The summed E-state index contributed by atoms with van der Waals surface area (Å²) < 4.78 is 4.60. The molecule has 4 nitrogen and oxygen atoms in total. The second-order valence-corrected chi connectivity index (χ2v) is 8.65. The second kappa shape index (κ2) is 14.2. The molecule has 0 N–H and O–H groups in total. The molecule has 0 unspecified atom stereocenters. The molecular weight excluding hydrogens is 448 g/mol. The zero-order valence-electron chi connectivity index (χ0n) is 19.3. The largest absolute Gasteiger partial charge is 1.00 e. The Bertz CT molecular complexity index is 857. The van der Waals surface area contributed by atoms with Crippen LogP contribution in [-0.2, 0) is 13.1 Å². The van der Waals surface area contributed by atoms with E-state index in [4.69, 9.17) is 0 Å². The highest BCUT2D eigenvalue weighted by Gasteiger charge is 2.03. The van der Waals surface area contributed by atoms with Gasteiger partial charge in [0.25, 0.3) is 0 Å². The van der Waals surface area contributed by atoms with Crippen molar-refractivity contribution in [1.29, 1.82) is 0 Å². The van der Waals surface area contributed by atoms with Gasteiger partial charge in [0.15, 0.2) is 12.4 Å². The van der Waals surface area contributed by atoms with E-state index in [0.717, 1.165) is 18.6 Å². The van der Waals surface area contributed by atoms with Crippen molar-refractivity contribution < 1.29 is 21.5 Å². The molecule has 3 rings (SSSR count). The Kier molecular flexibility index (Phi) is 11.7. The standard InChI is InChI=1S/C26H39N4.BrH/c1-28(2)24-17-21-29(22-18-24)19-13-9-7-5-3-4-6-8-10-14-20-30-23-27-25-15-11-12-16-26(25)30;/h11-12,15-18,21-23H,3-10,13-14,19-20H2,1-2H3;1H/q+1;/p-1. The Balaban J connectivity index is 0.00000341. The highest BCUT2D eigenvalue weighted by molar-refractivity contribution is 5.74. The van der Waals surface area contributed by atoms with E-state index in [1.54, 1.807) is 0 Å². The SMILES string of the molecule is CN(C)c1cc[n+](CCCCCCCCCCCCn2cnc3ccccc32)cc1.[Br-]. The quantitative estimate of drug-likeness (QED) is 0.258. The lowest BCUT2D eigenvalue weighted by molar-refractivity contribution is -0.697. The average Bonchev–Trinajstić information content (AvgIpc) is 3.18. The molecule has 0 aliphatic rings. The van der Waals surface area contributed by atoms with E-state index in [-0.39, 0.29) is 17.0 Å². The Labute approximate surface area is 199 Å². The van der Waals surface area contributed by atoms with Gasteiger partial charge >= 0.3 is 0 Å². The van der Waals surface area contributed by atoms with Crippen LogP contribution in [0.1, 0.15) is 64.2 Å². The molecule has 0 radical (unpaired) electrons. The molecule has 2 heterocycles. The molecule has 170 valence electrons. The van der Waals surface area contributed by atoms with E-state index in [2.05, 4.69) is 81.9 Å². The van der Waals surface area contributed by atoms with Gasteiger partial charge in [-0.05, 0) is 25.0 Å². The van der Waals surface area contributed by atoms with Crippen LogP contribution in [0.2, 0.25) is 0 Å². The number of pyridine rings is 1. The Morgan fingerprint density at radius 2 is 1.35 bits per heavy atom. The van der Waals surface area contributed by atoms with Crippen molar-refractivity contribution in [3.05, 3.63) is 55.1 Å². The van der Waals surface area contributed by atoms with E-state index >= 15 is 0 Å². The zero-order valence-corrected chi connectivity index (χ0v) is 20.9. The number of hydrogen-bond acceptors (Lipinski definition) is 2. The van der Waals surface area contributed by atoms with Gasteiger partial charge in [-0.3, -0.25) is 0 Å². The van der Waals surface area contributed by atoms with Crippen molar-refractivity contribution in [3.63, 3.8) is 0 Å². The van der Waals surface area contributed by atoms with Crippen LogP contribution in [0.3, 0.4) is 0 Å². The average molecular weight is 488 g/mol. The number of imidazole rings is 1. The van der Waals surface area contributed by atoms with Crippen LogP contribution < -0.4 is 26.4 Å². The summed E-state index contributed by atoms with van der Waals surface area (Å²) in [5, 5.41) is 0. The number of nitrogens with zero attached hydrogens (tertiary/aromatic N) is 4. The molecule has 31 heavy (non-hydrogen) atoms. The third-order valence-corrected chi connectivity index (χ3v) is 5.98. The molecule has 2 aromatic heterocycles. The van der Waals surface area contributed by atoms with Crippen molar-refractivity contribution in [2.24, 2.45) is 0 Å². The lowest BCUT2D eigenvalue weighted by atomic mass is 10.1. The normalized spacial score (nSPS) is 10.9. The van der Waals surface area contributed by atoms with Crippen molar-refractivity contribution in [3.8, 4) is 0 Å².